The summed E-state index contributed by atoms with van der Waals surface area (Å²) in [5, 5.41) is 0. The minimum atomic E-state index is -4.78. The summed E-state index contributed by atoms with van der Waals surface area (Å²) in [6, 6.07) is 2.49. The Morgan fingerprint density at radius 3 is 2.30 bits per heavy atom. The molecule has 110 valence electrons. The van der Waals surface area contributed by atoms with Crippen LogP contribution in [0.1, 0.15) is 31.9 Å². The number of halogens is 4. The third kappa shape index (κ3) is 5.03. The number of ether oxygens (including phenoxy) is 1. The predicted octanol–water partition coefficient (Wildman–Crippen LogP) is 4.20. The third-order valence-corrected chi connectivity index (χ3v) is 2.11. The van der Waals surface area contributed by atoms with Crippen molar-refractivity contribution in [1.29, 1.82) is 0 Å². The molecule has 2 nitrogen and oxygen atoms in total. The van der Waals surface area contributed by atoms with E-state index in [1.165, 1.54) is 0 Å². The smallest absolute Gasteiger partial charge is 0.419 e. The van der Waals surface area contributed by atoms with Gasteiger partial charge in [-0.3, -0.25) is 0 Å². The van der Waals surface area contributed by atoms with E-state index in [-0.39, 0.29) is 5.56 Å². The second-order valence-electron chi connectivity index (χ2n) is 5.10. The zero-order chi connectivity index (χ0) is 15.6. The van der Waals surface area contributed by atoms with Gasteiger partial charge in [-0.05, 0) is 44.5 Å². The largest absolute Gasteiger partial charge is 0.457 e. The zero-order valence-electron chi connectivity index (χ0n) is 11.2. The van der Waals surface area contributed by atoms with Gasteiger partial charge in [-0.15, -0.1) is 0 Å². The maximum atomic E-state index is 13.1. The number of esters is 1. The van der Waals surface area contributed by atoms with Gasteiger partial charge in [-0.25, -0.2) is 9.18 Å². The molecule has 0 heterocycles. The lowest BCUT2D eigenvalue weighted by atomic mass is 10.1. The van der Waals surface area contributed by atoms with E-state index in [2.05, 4.69) is 0 Å². The number of carbonyl (C=O) groups excluding carboxylic acids is 1. The van der Waals surface area contributed by atoms with Crippen molar-refractivity contribution in [3.63, 3.8) is 0 Å². The van der Waals surface area contributed by atoms with Crippen molar-refractivity contribution in [3.05, 3.63) is 41.2 Å². The second kappa shape index (κ2) is 5.64. The Morgan fingerprint density at radius 1 is 1.20 bits per heavy atom. The van der Waals surface area contributed by atoms with Crippen molar-refractivity contribution >= 4 is 12.0 Å². The molecule has 0 aliphatic rings. The van der Waals surface area contributed by atoms with Crippen molar-refractivity contribution in [2.45, 2.75) is 32.5 Å². The molecule has 6 heteroatoms. The summed E-state index contributed by atoms with van der Waals surface area (Å²) in [7, 11) is 0. The highest BCUT2D eigenvalue weighted by Gasteiger charge is 2.34. The Kier molecular flexibility index (Phi) is 4.57. The van der Waals surface area contributed by atoms with Crippen LogP contribution in [-0.4, -0.2) is 11.6 Å². The van der Waals surface area contributed by atoms with Gasteiger partial charge in [0.15, 0.2) is 0 Å². The van der Waals surface area contributed by atoms with E-state index in [1.807, 2.05) is 0 Å². The molecule has 0 aromatic heterocycles. The van der Waals surface area contributed by atoms with E-state index in [1.54, 1.807) is 20.8 Å². The highest BCUT2D eigenvalue weighted by molar-refractivity contribution is 5.87. The van der Waals surface area contributed by atoms with Crippen molar-refractivity contribution in [1.82, 2.24) is 0 Å². The maximum Gasteiger partial charge on any atom is 0.419 e. The van der Waals surface area contributed by atoms with E-state index >= 15 is 0 Å². The first-order chi connectivity index (χ1) is 8.99. The van der Waals surface area contributed by atoms with E-state index in [9.17, 15) is 22.4 Å². The summed E-state index contributed by atoms with van der Waals surface area (Å²) in [6.45, 7) is 5.00. The highest BCUT2D eigenvalue weighted by atomic mass is 19.4. The minimum absolute atomic E-state index is 0.0598. The average molecular weight is 290 g/mol. The van der Waals surface area contributed by atoms with Gasteiger partial charge in [-0.2, -0.15) is 13.2 Å². The summed E-state index contributed by atoms with van der Waals surface area (Å²) in [5.41, 5.74) is -2.00. The first-order valence-corrected chi connectivity index (χ1v) is 5.77. The summed E-state index contributed by atoms with van der Waals surface area (Å²) >= 11 is 0. The van der Waals surface area contributed by atoms with Crippen LogP contribution >= 0.6 is 0 Å². The molecule has 0 aliphatic carbocycles. The van der Waals surface area contributed by atoms with Crippen LogP contribution in [0.25, 0.3) is 6.08 Å². The molecular weight excluding hydrogens is 276 g/mol. The number of benzene rings is 1. The average Bonchev–Trinajstić information content (AvgIpc) is 2.24. The first kappa shape index (κ1) is 16.2. The first-order valence-electron chi connectivity index (χ1n) is 5.77. The molecule has 0 N–H and O–H groups in total. The standard InChI is InChI=1S/C14H14F4O2/c1-13(2,3)20-12(19)7-5-9-4-6-11(15)10(8-9)14(16,17)18/h4-8H,1-3H3/b7-5+. The topological polar surface area (TPSA) is 26.3 Å². The number of carbonyl (C=O) groups is 1. The molecule has 0 saturated heterocycles. The SMILES string of the molecule is CC(C)(C)OC(=O)/C=C/c1ccc(F)c(C(F)(F)F)c1. The number of rotatable bonds is 2. The molecule has 0 atom stereocenters. The lowest BCUT2D eigenvalue weighted by molar-refractivity contribution is -0.148. The molecule has 0 saturated carbocycles. The van der Waals surface area contributed by atoms with Crippen LogP contribution in [0.15, 0.2) is 24.3 Å². The molecule has 0 unspecified atom stereocenters. The van der Waals surface area contributed by atoms with Crippen LogP contribution in [0.4, 0.5) is 17.6 Å². The van der Waals surface area contributed by atoms with Gasteiger partial charge < -0.3 is 4.74 Å². The minimum Gasteiger partial charge on any atom is -0.457 e. The van der Waals surface area contributed by atoms with Gasteiger partial charge in [0.2, 0.25) is 0 Å². The molecular formula is C14H14F4O2. The Balaban J connectivity index is 2.92. The summed E-state index contributed by atoms with van der Waals surface area (Å²) < 4.78 is 55.5. The normalized spacial score (nSPS) is 12.8. The van der Waals surface area contributed by atoms with Crippen LogP contribution in [0.3, 0.4) is 0 Å². The summed E-state index contributed by atoms with van der Waals surface area (Å²) in [5.74, 6) is -2.04. The van der Waals surface area contributed by atoms with E-state index in [4.69, 9.17) is 4.74 Å². The number of hydrogen-bond donors (Lipinski definition) is 0. The lowest BCUT2D eigenvalue weighted by Crippen LogP contribution is -2.22. The summed E-state index contributed by atoms with van der Waals surface area (Å²) in [4.78, 5) is 11.4. The van der Waals surface area contributed by atoms with Crippen molar-refractivity contribution in [2.75, 3.05) is 0 Å². The van der Waals surface area contributed by atoms with Gasteiger partial charge in [0, 0.05) is 6.08 Å². The number of alkyl halides is 3. The molecule has 1 rings (SSSR count). The Bertz CT molecular complexity index is 525. The van der Waals surface area contributed by atoms with Crippen molar-refractivity contribution < 1.29 is 27.1 Å². The number of hydrogen-bond acceptors (Lipinski definition) is 2. The highest BCUT2D eigenvalue weighted by Crippen LogP contribution is 2.32. The Hall–Kier alpha value is -1.85. The molecule has 0 amide bonds. The molecule has 0 radical (unpaired) electrons. The maximum absolute atomic E-state index is 13.1. The predicted molar refractivity (Wildman–Crippen MR) is 66.3 cm³/mol. The van der Waals surface area contributed by atoms with Crippen LogP contribution in [0.2, 0.25) is 0 Å². The van der Waals surface area contributed by atoms with Crippen molar-refractivity contribution in [2.24, 2.45) is 0 Å². The van der Waals surface area contributed by atoms with E-state index in [0.29, 0.717) is 12.1 Å². The van der Waals surface area contributed by atoms with Crippen LogP contribution in [0.5, 0.6) is 0 Å². The van der Waals surface area contributed by atoms with Gasteiger partial charge in [0.05, 0.1) is 5.56 Å². The fourth-order valence-electron chi connectivity index (χ4n) is 1.36. The Morgan fingerprint density at radius 2 is 1.80 bits per heavy atom. The fourth-order valence-corrected chi connectivity index (χ4v) is 1.36. The monoisotopic (exact) mass is 290 g/mol. The fraction of sp³-hybridized carbons (Fsp3) is 0.357. The Labute approximate surface area is 114 Å². The second-order valence-corrected chi connectivity index (χ2v) is 5.10. The quantitative estimate of drug-likeness (QED) is 0.463. The molecule has 0 spiro atoms. The molecule has 20 heavy (non-hydrogen) atoms. The van der Waals surface area contributed by atoms with Crippen LogP contribution < -0.4 is 0 Å². The summed E-state index contributed by atoms with van der Waals surface area (Å²) in [6.07, 6.45) is -2.64. The van der Waals surface area contributed by atoms with Crippen LogP contribution in [0, 0.1) is 5.82 Å². The third-order valence-electron chi connectivity index (χ3n) is 2.11. The molecule has 1 aromatic carbocycles. The van der Waals surface area contributed by atoms with Gasteiger partial charge in [-0.1, -0.05) is 6.07 Å². The molecule has 1 aromatic rings. The van der Waals surface area contributed by atoms with Crippen molar-refractivity contribution in [3.8, 4) is 0 Å². The molecule has 0 bridgehead atoms. The van der Waals surface area contributed by atoms with Gasteiger partial charge in [0.25, 0.3) is 0 Å². The van der Waals surface area contributed by atoms with Gasteiger partial charge in [0.1, 0.15) is 11.4 Å². The van der Waals surface area contributed by atoms with Crippen LogP contribution in [-0.2, 0) is 15.7 Å². The lowest BCUT2D eigenvalue weighted by Gasteiger charge is -2.17. The molecule has 0 fully saturated rings. The zero-order valence-corrected chi connectivity index (χ0v) is 11.2. The van der Waals surface area contributed by atoms with Gasteiger partial charge >= 0.3 is 12.1 Å². The molecule has 0 aliphatic heterocycles. The van der Waals surface area contributed by atoms with E-state index in [0.717, 1.165) is 18.2 Å². The van der Waals surface area contributed by atoms with E-state index < -0.39 is 29.1 Å².